The van der Waals surface area contributed by atoms with Crippen molar-refractivity contribution in [1.82, 2.24) is 10.3 Å². The Balaban J connectivity index is 1.72. The average molecular weight is 206 g/mol. The minimum Gasteiger partial charge on any atom is -0.364 e. The zero-order valence-corrected chi connectivity index (χ0v) is 9.47. The van der Waals surface area contributed by atoms with Crippen LogP contribution in [0.1, 0.15) is 50.6 Å². The number of hydrogen-bond donors (Lipinski definition) is 2. The molecule has 0 amide bonds. The Morgan fingerprint density at radius 1 is 1.13 bits per heavy atom. The van der Waals surface area contributed by atoms with E-state index < -0.39 is 0 Å². The largest absolute Gasteiger partial charge is 0.364 e. The monoisotopic (exact) mass is 206 g/mol. The fourth-order valence-corrected chi connectivity index (χ4v) is 2.39. The Hall–Kier alpha value is -0.760. The molecular weight excluding hydrogens is 184 g/mol. The van der Waals surface area contributed by atoms with Gasteiger partial charge in [-0.15, -0.1) is 0 Å². The molecule has 0 unspecified atom stereocenters. The second-order valence-electron chi connectivity index (χ2n) is 4.62. The molecule has 15 heavy (non-hydrogen) atoms. The van der Waals surface area contributed by atoms with Gasteiger partial charge in [0.15, 0.2) is 0 Å². The maximum absolute atomic E-state index is 3.66. The Labute approximate surface area is 92.5 Å². The topological polar surface area (TPSA) is 27.8 Å². The minimum atomic E-state index is 0.744. The summed E-state index contributed by atoms with van der Waals surface area (Å²) < 4.78 is 0. The van der Waals surface area contributed by atoms with E-state index in [0.29, 0.717) is 0 Å². The predicted molar refractivity (Wildman–Crippen MR) is 63.7 cm³/mol. The maximum atomic E-state index is 3.66. The predicted octanol–water partition coefficient (Wildman–Crippen LogP) is 3.22. The highest BCUT2D eigenvalue weighted by molar-refractivity contribution is 5.03. The molecule has 2 N–H and O–H groups in total. The van der Waals surface area contributed by atoms with Crippen molar-refractivity contribution in [2.45, 2.75) is 57.5 Å². The molecule has 84 valence electrons. The van der Waals surface area contributed by atoms with Crippen molar-refractivity contribution in [3.8, 4) is 0 Å². The van der Waals surface area contributed by atoms with Gasteiger partial charge >= 0.3 is 0 Å². The van der Waals surface area contributed by atoms with Crippen LogP contribution in [0.3, 0.4) is 0 Å². The summed E-state index contributed by atoms with van der Waals surface area (Å²) in [5.41, 5.74) is 1.30. The number of rotatable bonds is 3. The molecule has 1 aliphatic carbocycles. The molecule has 0 spiro atoms. The normalized spacial score (nSPS) is 19.7. The molecule has 0 radical (unpaired) electrons. The lowest BCUT2D eigenvalue weighted by molar-refractivity contribution is 0.388. The lowest BCUT2D eigenvalue weighted by Gasteiger charge is -2.20. The maximum Gasteiger partial charge on any atom is 0.0359 e. The third-order valence-electron chi connectivity index (χ3n) is 3.35. The van der Waals surface area contributed by atoms with Gasteiger partial charge in [0.25, 0.3) is 0 Å². The van der Waals surface area contributed by atoms with Crippen LogP contribution in [0.5, 0.6) is 0 Å². The van der Waals surface area contributed by atoms with E-state index in [1.807, 2.05) is 6.20 Å². The van der Waals surface area contributed by atoms with Crippen LogP contribution in [0, 0.1) is 0 Å². The summed E-state index contributed by atoms with van der Waals surface area (Å²) >= 11 is 0. The van der Waals surface area contributed by atoms with Gasteiger partial charge < -0.3 is 10.3 Å². The molecular formula is C13H22N2. The summed E-state index contributed by atoms with van der Waals surface area (Å²) in [6.07, 6.45) is 11.8. The lowest BCUT2D eigenvalue weighted by Crippen LogP contribution is -2.29. The zero-order chi connectivity index (χ0) is 10.3. The second kappa shape index (κ2) is 5.96. The Morgan fingerprint density at radius 2 is 1.87 bits per heavy atom. The Morgan fingerprint density at radius 3 is 2.53 bits per heavy atom. The summed E-state index contributed by atoms with van der Waals surface area (Å²) in [4.78, 5) is 3.24. The standard InChI is InChI=1S/C13H22N2/c1-2-4-7-12(8-5-3-1)15-11-13-9-6-10-14-13/h6,9-10,12,14-15H,1-5,7-8,11H2. The third kappa shape index (κ3) is 3.71. The average Bonchev–Trinajstić information content (AvgIpc) is 2.68. The molecule has 0 saturated heterocycles. The molecule has 2 heteroatoms. The highest BCUT2D eigenvalue weighted by Crippen LogP contribution is 2.17. The van der Waals surface area contributed by atoms with E-state index in [2.05, 4.69) is 22.4 Å². The molecule has 0 aliphatic heterocycles. The van der Waals surface area contributed by atoms with E-state index in [4.69, 9.17) is 0 Å². The van der Waals surface area contributed by atoms with Gasteiger partial charge in [-0.05, 0) is 25.0 Å². The molecule has 1 aliphatic rings. The number of aromatic amines is 1. The van der Waals surface area contributed by atoms with E-state index >= 15 is 0 Å². The first-order valence-electron chi connectivity index (χ1n) is 6.31. The van der Waals surface area contributed by atoms with E-state index in [-0.39, 0.29) is 0 Å². The molecule has 1 aromatic heterocycles. The van der Waals surface area contributed by atoms with Crippen LogP contribution in [0.25, 0.3) is 0 Å². The molecule has 0 aromatic carbocycles. The molecule has 0 atom stereocenters. The SMILES string of the molecule is c1c[nH]c(CNC2CCCCCCC2)c1. The van der Waals surface area contributed by atoms with Gasteiger partial charge in [-0.3, -0.25) is 0 Å². The van der Waals surface area contributed by atoms with Crippen LogP contribution in [-0.2, 0) is 6.54 Å². The van der Waals surface area contributed by atoms with Crippen LogP contribution in [0.4, 0.5) is 0 Å². The molecule has 1 aromatic rings. The van der Waals surface area contributed by atoms with Gasteiger partial charge in [0.1, 0.15) is 0 Å². The molecule has 0 bridgehead atoms. The summed E-state index contributed by atoms with van der Waals surface area (Å²) in [6.45, 7) is 0.998. The van der Waals surface area contributed by atoms with Gasteiger partial charge in [0.05, 0.1) is 0 Å². The smallest absolute Gasteiger partial charge is 0.0359 e. The third-order valence-corrected chi connectivity index (χ3v) is 3.35. The lowest BCUT2D eigenvalue weighted by atomic mass is 9.97. The number of H-pyrrole nitrogens is 1. The fourth-order valence-electron chi connectivity index (χ4n) is 2.39. The van der Waals surface area contributed by atoms with E-state index in [0.717, 1.165) is 12.6 Å². The van der Waals surface area contributed by atoms with Crippen LogP contribution >= 0.6 is 0 Å². The molecule has 2 rings (SSSR count). The second-order valence-corrected chi connectivity index (χ2v) is 4.62. The zero-order valence-electron chi connectivity index (χ0n) is 9.47. The van der Waals surface area contributed by atoms with Crippen molar-refractivity contribution in [2.24, 2.45) is 0 Å². The van der Waals surface area contributed by atoms with E-state index in [1.54, 1.807) is 0 Å². The van der Waals surface area contributed by atoms with Gasteiger partial charge in [-0.25, -0.2) is 0 Å². The van der Waals surface area contributed by atoms with Crippen molar-refractivity contribution in [1.29, 1.82) is 0 Å². The van der Waals surface area contributed by atoms with E-state index in [9.17, 15) is 0 Å². The first-order valence-corrected chi connectivity index (χ1v) is 6.31. The van der Waals surface area contributed by atoms with Crippen molar-refractivity contribution in [3.05, 3.63) is 24.0 Å². The van der Waals surface area contributed by atoms with Crippen molar-refractivity contribution in [3.63, 3.8) is 0 Å². The molecule has 1 saturated carbocycles. The van der Waals surface area contributed by atoms with Crippen molar-refractivity contribution in [2.75, 3.05) is 0 Å². The minimum absolute atomic E-state index is 0.744. The van der Waals surface area contributed by atoms with Crippen LogP contribution < -0.4 is 5.32 Å². The highest BCUT2D eigenvalue weighted by Gasteiger charge is 2.10. The summed E-state index contributed by atoms with van der Waals surface area (Å²) in [7, 11) is 0. The van der Waals surface area contributed by atoms with Crippen molar-refractivity contribution < 1.29 is 0 Å². The van der Waals surface area contributed by atoms with Crippen LogP contribution in [0.15, 0.2) is 18.3 Å². The fraction of sp³-hybridized carbons (Fsp3) is 0.692. The van der Waals surface area contributed by atoms with Crippen molar-refractivity contribution >= 4 is 0 Å². The van der Waals surface area contributed by atoms with E-state index in [1.165, 1.54) is 50.6 Å². The number of hydrogen-bond acceptors (Lipinski definition) is 1. The first kappa shape index (κ1) is 10.7. The summed E-state index contributed by atoms with van der Waals surface area (Å²) in [5, 5.41) is 3.66. The Bertz CT molecular complexity index is 246. The first-order chi connectivity index (χ1) is 7.45. The molecule has 1 fully saturated rings. The molecule has 1 heterocycles. The van der Waals surface area contributed by atoms with Gasteiger partial charge in [0, 0.05) is 24.5 Å². The van der Waals surface area contributed by atoms with Gasteiger partial charge in [-0.1, -0.05) is 32.1 Å². The van der Waals surface area contributed by atoms with Crippen LogP contribution in [0.2, 0.25) is 0 Å². The van der Waals surface area contributed by atoms with Crippen LogP contribution in [-0.4, -0.2) is 11.0 Å². The Kier molecular flexibility index (Phi) is 4.27. The number of aromatic nitrogens is 1. The summed E-state index contributed by atoms with van der Waals surface area (Å²) in [5.74, 6) is 0. The quantitative estimate of drug-likeness (QED) is 0.781. The van der Waals surface area contributed by atoms with Gasteiger partial charge in [0.2, 0.25) is 0 Å². The number of nitrogens with one attached hydrogen (secondary N) is 2. The molecule has 2 nitrogen and oxygen atoms in total. The van der Waals surface area contributed by atoms with Gasteiger partial charge in [-0.2, -0.15) is 0 Å². The highest BCUT2D eigenvalue weighted by atomic mass is 14.9. The summed E-state index contributed by atoms with van der Waals surface area (Å²) in [6, 6.07) is 4.96.